The summed E-state index contributed by atoms with van der Waals surface area (Å²) < 4.78 is 0. The van der Waals surface area contributed by atoms with Gasteiger partial charge in [0.25, 0.3) is 0 Å². The van der Waals surface area contributed by atoms with Crippen LogP contribution in [0.2, 0.25) is 0 Å². The van der Waals surface area contributed by atoms with Crippen molar-refractivity contribution in [2.75, 3.05) is 13.6 Å². The van der Waals surface area contributed by atoms with Gasteiger partial charge in [0, 0.05) is 11.5 Å². The minimum absolute atomic E-state index is 0.00463. The number of hydrogen-bond donors (Lipinski definition) is 1. The van der Waals surface area contributed by atoms with Gasteiger partial charge < -0.3 is 10.0 Å². The first-order chi connectivity index (χ1) is 6.03. The van der Waals surface area contributed by atoms with Gasteiger partial charge >= 0.3 is 0 Å². The largest absolute Gasteiger partial charge is 0.388 e. The second-order valence-electron chi connectivity index (χ2n) is 5.03. The fourth-order valence-electron chi connectivity index (χ4n) is 2.97. The first-order valence-electron chi connectivity index (χ1n) is 5.10. The summed E-state index contributed by atoms with van der Waals surface area (Å²) in [6.45, 7) is 5.50. The van der Waals surface area contributed by atoms with E-state index in [4.69, 9.17) is 0 Å². The van der Waals surface area contributed by atoms with Crippen molar-refractivity contribution >= 4 is 0 Å². The summed E-state index contributed by atoms with van der Waals surface area (Å²) >= 11 is 0. The quantitative estimate of drug-likeness (QED) is 0.569. The number of aliphatic hydroxyl groups excluding tert-OH is 1. The van der Waals surface area contributed by atoms with Crippen LogP contribution in [-0.4, -0.2) is 35.7 Å². The molecule has 74 valence electrons. The Kier molecular flexibility index (Phi) is 2.00. The number of hydrogen-bond acceptors (Lipinski definition) is 2. The highest BCUT2D eigenvalue weighted by Crippen LogP contribution is 2.42. The third-order valence-electron chi connectivity index (χ3n) is 3.76. The molecule has 0 radical (unpaired) electrons. The van der Waals surface area contributed by atoms with Crippen molar-refractivity contribution in [1.82, 2.24) is 4.90 Å². The van der Waals surface area contributed by atoms with Crippen molar-refractivity contribution in [2.45, 2.75) is 32.4 Å². The van der Waals surface area contributed by atoms with E-state index in [1.54, 1.807) is 0 Å². The summed E-state index contributed by atoms with van der Waals surface area (Å²) in [7, 11) is 2.16. The Balaban J connectivity index is 2.32. The lowest BCUT2D eigenvalue weighted by atomic mass is 9.70. The molecule has 1 aliphatic heterocycles. The molecule has 1 heterocycles. The number of fused-ring (bicyclic) bond motifs is 1. The molecule has 0 spiro atoms. The van der Waals surface area contributed by atoms with Gasteiger partial charge in [0.15, 0.2) is 0 Å². The second-order valence-corrected chi connectivity index (χ2v) is 5.03. The van der Waals surface area contributed by atoms with Gasteiger partial charge in [0.1, 0.15) is 0 Å². The number of rotatable bonds is 0. The Bertz CT molecular complexity index is 234. The Morgan fingerprint density at radius 2 is 2.08 bits per heavy atom. The molecule has 1 fully saturated rings. The molecular weight excluding hydrogens is 162 g/mol. The van der Waals surface area contributed by atoms with Gasteiger partial charge in [-0.1, -0.05) is 26.0 Å². The summed E-state index contributed by atoms with van der Waals surface area (Å²) in [5, 5.41) is 9.89. The Morgan fingerprint density at radius 1 is 1.38 bits per heavy atom. The lowest BCUT2D eigenvalue weighted by Gasteiger charge is -2.43. The number of aliphatic hydroxyl groups is 1. The summed E-state index contributed by atoms with van der Waals surface area (Å²) in [5.41, 5.74) is 0.00463. The van der Waals surface area contributed by atoms with E-state index in [2.05, 4.69) is 31.9 Å². The van der Waals surface area contributed by atoms with E-state index in [9.17, 15) is 5.11 Å². The molecule has 1 N–H and O–H groups in total. The maximum atomic E-state index is 9.89. The highest BCUT2D eigenvalue weighted by Gasteiger charge is 2.46. The fourth-order valence-corrected chi connectivity index (χ4v) is 2.97. The molecule has 0 amide bonds. The molecule has 2 heteroatoms. The lowest BCUT2D eigenvalue weighted by molar-refractivity contribution is 0.00888. The minimum Gasteiger partial charge on any atom is -0.388 e. The number of likely N-dealkylation sites (tertiary alicyclic amines) is 1. The van der Waals surface area contributed by atoms with Gasteiger partial charge in [-0.3, -0.25) is 0 Å². The summed E-state index contributed by atoms with van der Waals surface area (Å²) in [4.78, 5) is 2.39. The number of nitrogens with zero attached hydrogens (tertiary/aromatic N) is 1. The van der Waals surface area contributed by atoms with Gasteiger partial charge in [-0.15, -0.1) is 0 Å². The topological polar surface area (TPSA) is 23.5 Å². The van der Waals surface area contributed by atoms with Crippen LogP contribution in [0.5, 0.6) is 0 Å². The second kappa shape index (κ2) is 2.82. The van der Waals surface area contributed by atoms with Crippen molar-refractivity contribution < 1.29 is 5.11 Å². The normalized spacial score (nSPS) is 43.5. The molecule has 1 aliphatic carbocycles. The first-order valence-corrected chi connectivity index (χ1v) is 5.10. The van der Waals surface area contributed by atoms with E-state index >= 15 is 0 Å². The molecule has 0 saturated carbocycles. The maximum absolute atomic E-state index is 9.89. The third-order valence-corrected chi connectivity index (χ3v) is 3.76. The van der Waals surface area contributed by atoms with Crippen LogP contribution < -0.4 is 0 Å². The molecule has 0 aromatic rings. The summed E-state index contributed by atoms with van der Waals surface area (Å²) in [5.74, 6) is 0.656. The molecule has 1 saturated heterocycles. The minimum atomic E-state index is -0.283. The van der Waals surface area contributed by atoms with Crippen LogP contribution in [0.15, 0.2) is 12.2 Å². The summed E-state index contributed by atoms with van der Waals surface area (Å²) in [6, 6.07) is 0.521. The van der Waals surface area contributed by atoms with E-state index in [0.29, 0.717) is 12.0 Å². The predicted octanol–water partition coefficient (Wildman–Crippen LogP) is 1.26. The van der Waals surface area contributed by atoms with Crippen molar-refractivity contribution in [2.24, 2.45) is 11.3 Å². The lowest BCUT2D eigenvalue weighted by Crippen LogP contribution is -2.50. The van der Waals surface area contributed by atoms with Crippen LogP contribution >= 0.6 is 0 Å². The van der Waals surface area contributed by atoms with Crippen molar-refractivity contribution in [3.05, 3.63) is 12.2 Å². The van der Waals surface area contributed by atoms with Crippen LogP contribution in [0, 0.1) is 11.3 Å². The van der Waals surface area contributed by atoms with Crippen molar-refractivity contribution in [1.29, 1.82) is 0 Å². The van der Waals surface area contributed by atoms with Gasteiger partial charge in [-0.2, -0.15) is 0 Å². The molecule has 13 heavy (non-hydrogen) atoms. The molecule has 2 rings (SSSR count). The average Bonchev–Trinajstić information content (AvgIpc) is 2.41. The van der Waals surface area contributed by atoms with Crippen molar-refractivity contribution in [3.8, 4) is 0 Å². The van der Waals surface area contributed by atoms with E-state index < -0.39 is 0 Å². The molecule has 3 atom stereocenters. The molecule has 3 unspecified atom stereocenters. The third kappa shape index (κ3) is 1.24. The van der Waals surface area contributed by atoms with Crippen LogP contribution in [0.4, 0.5) is 0 Å². The van der Waals surface area contributed by atoms with E-state index in [0.717, 1.165) is 6.54 Å². The smallest absolute Gasteiger partial charge is 0.0787 e. The van der Waals surface area contributed by atoms with Gasteiger partial charge in [-0.05, 0) is 25.9 Å². The molecule has 0 aromatic heterocycles. The van der Waals surface area contributed by atoms with Crippen LogP contribution in [0.3, 0.4) is 0 Å². The standard InChI is InChI=1S/C11H19NO/c1-11(2)9(13)5-4-8-6-7-12(3)10(8)11/h4-5,8-10,13H,6-7H2,1-3H3. The first kappa shape index (κ1) is 9.22. The van der Waals surface area contributed by atoms with E-state index in [1.165, 1.54) is 6.42 Å². The highest BCUT2D eigenvalue weighted by atomic mass is 16.3. The van der Waals surface area contributed by atoms with Crippen molar-refractivity contribution in [3.63, 3.8) is 0 Å². The zero-order valence-corrected chi connectivity index (χ0v) is 8.70. The van der Waals surface area contributed by atoms with Crippen LogP contribution in [0.25, 0.3) is 0 Å². The van der Waals surface area contributed by atoms with E-state index in [-0.39, 0.29) is 11.5 Å². The molecule has 0 aromatic carbocycles. The zero-order valence-electron chi connectivity index (χ0n) is 8.70. The van der Waals surface area contributed by atoms with Crippen LogP contribution in [-0.2, 0) is 0 Å². The zero-order chi connectivity index (χ0) is 9.64. The summed E-state index contributed by atoms with van der Waals surface area (Å²) in [6.07, 6.45) is 5.13. The van der Waals surface area contributed by atoms with Crippen LogP contribution in [0.1, 0.15) is 20.3 Å². The Morgan fingerprint density at radius 3 is 2.77 bits per heavy atom. The Hall–Kier alpha value is -0.340. The SMILES string of the molecule is CN1CCC2C=CC(O)C(C)(C)C21. The van der Waals surface area contributed by atoms with Gasteiger partial charge in [0.2, 0.25) is 0 Å². The molecule has 2 nitrogen and oxygen atoms in total. The Labute approximate surface area is 80.2 Å². The fraction of sp³-hybridized carbons (Fsp3) is 0.818. The average molecular weight is 181 g/mol. The predicted molar refractivity (Wildman–Crippen MR) is 53.5 cm³/mol. The molecule has 0 bridgehead atoms. The highest BCUT2D eigenvalue weighted by molar-refractivity contribution is 5.15. The molecule has 2 aliphatic rings. The van der Waals surface area contributed by atoms with E-state index in [1.807, 2.05) is 6.08 Å². The monoisotopic (exact) mass is 181 g/mol. The van der Waals surface area contributed by atoms with Gasteiger partial charge in [-0.25, -0.2) is 0 Å². The maximum Gasteiger partial charge on any atom is 0.0787 e. The van der Waals surface area contributed by atoms with Gasteiger partial charge in [0.05, 0.1) is 6.10 Å². The molecular formula is C11H19NO.